The van der Waals surface area contributed by atoms with Gasteiger partial charge in [0.1, 0.15) is 18.7 Å². The number of benzene rings is 2. The summed E-state index contributed by atoms with van der Waals surface area (Å²) in [7, 11) is 0. The van der Waals surface area contributed by atoms with Crippen molar-refractivity contribution < 1.29 is 23.9 Å². The van der Waals surface area contributed by atoms with Crippen molar-refractivity contribution >= 4 is 17.8 Å². The van der Waals surface area contributed by atoms with Crippen molar-refractivity contribution in [2.24, 2.45) is 5.92 Å². The zero-order valence-electron chi connectivity index (χ0n) is 21.9. The first-order valence-corrected chi connectivity index (χ1v) is 13.0. The molecule has 0 saturated carbocycles. The van der Waals surface area contributed by atoms with Gasteiger partial charge in [0.05, 0.1) is 19.8 Å². The highest BCUT2D eigenvalue weighted by molar-refractivity contribution is 5.91. The lowest BCUT2D eigenvalue weighted by molar-refractivity contribution is -0.149. The van der Waals surface area contributed by atoms with Crippen molar-refractivity contribution in [1.82, 2.24) is 15.5 Å². The lowest BCUT2D eigenvalue weighted by atomic mass is 10.0. The molecule has 1 aliphatic rings. The van der Waals surface area contributed by atoms with Gasteiger partial charge in [-0.25, -0.2) is 4.79 Å². The Kier molecular flexibility index (Phi) is 11.6. The number of nitrogens with one attached hydrogen (secondary N) is 2. The molecular weight excluding hydrogens is 470 g/mol. The Labute approximate surface area is 219 Å². The average molecular weight is 510 g/mol. The highest BCUT2D eigenvalue weighted by Crippen LogP contribution is 2.11. The zero-order chi connectivity index (χ0) is 26.5. The Morgan fingerprint density at radius 3 is 2.14 bits per heavy atom. The third-order valence-corrected chi connectivity index (χ3v) is 6.22. The van der Waals surface area contributed by atoms with Gasteiger partial charge in [-0.3, -0.25) is 14.5 Å². The number of carbonyl (C=O) groups is 3. The number of amides is 2. The first-order chi connectivity index (χ1) is 17.9. The number of ether oxygens (including phenoxy) is 2. The van der Waals surface area contributed by atoms with Crippen LogP contribution in [0, 0.1) is 5.92 Å². The maximum atomic E-state index is 13.4. The lowest BCUT2D eigenvalue weighted by Crippen LogP contribution is -2.54. The molecule has 2 atom stereocenters. The van der Waals surface area contributed by atoms with Crippen molar-refractivity contribution in [3.8, 4) is 0 Å². The molecule has 1 heterocycles. The number of carbonyl (C=O) groups excluding carboxylic acids is 3. The largest absolute Gasteiger partial charge is 0.459 e. The fourth-order valence-electron chi connectivity index (χ4n) is 4.21. The summed E-state index contributed by atoms with van der Waals surface area (Å²) >= 11 is 0. The molecule has 0 radical (unpaired) electrons. The Morgan fingerprint density at radius 1 is 0.892 bits per heavy atom. The molecule has 0 aliphatic carbocycles. The second-order valence-electron chi connectivity index (χ2n) is 9.82. The predicted octanol–water partition coefficient (Wildman–Crippen LogP) is 2.71. The molecule has 1 saturated heterocycles. The molecule has 0 spiro atoms. The van der Waals surface area contributed by atoms with Crippen molar-refractivity contribution in [2.75, 3.05) is 32.8 Å². The van der Waals surface area contributed by atoms with Crippen LogP contribution in [0.5, 0.6) is 0 Å². The summed E-state index contributed by atoms with van der Waals surface area (Å²) in [6.45, 7) is 6.85. The van der Waals surface area contributed by atoms with Crippen molar-refractivity contribution in [3.05, 3.63) is 71.8 Å². The standard InChI is InChI=1S/C29H39N3O5/c1-22(2)19-26(29(35)37-21-24-11-7-4-8-12-24)31-28(34)25(14-13-23-9-5-3-6-10-23)30-27(33)20-32-15-17-36-18-16-32/h3-12,22,25-26H,13-21H2,1-2H3,(H,30,33)(H,31,34)/t25-,26-/m0/s1. The van der Waals surface area contributed by atoms with E-state index in [-0.39, 0.29) is 30.9 Å². The molecule has 0 bridgehead atoms. The van der Waals surface area contributed by atoms with E-state index in [1.54, 1.807) is 0 Å². The van der Waals surface area contributed by atoms with Crippen molar-refractivity contribution in [1.29, 1.82) is 0 Å². The molecule has 2 N–H and O–H groups in total. The van der Waals surface area contributed by atoms with E-state index in [0.29, 0.717) is 45.6 Å². The van der Waals surface area contributed by atoms with Crippen LogP contribution in [0.1, 0.15) is 37.8 Å². The van der Waals surface area contributed by atoms with E-state index in [9.17, 15) is 14.4 Å². The second-order valence-corrected chi connectivity index (χ2v) is 9.82. The Hall–Kier alpha value is -3.23. The zero-order valence-corrected chi connectivity index (χ0v) is 21.9. The summed E-state index contributed by atoms with van der Waals surface area (Å²) in [5.41, 5.74) is 1.95. The van der Waals surface area contributed by atoms with Gasteiger partial charge in [0, 0.05) is 13.1 Å². The minimum Gasteiger partial charge on any atom is -0.459 e. The van der Waals surface area contributed by atoms with Gasteiger partial charge in [-0.05, 0) is 36.3 Å². The molecule has 2 aromatic carbocycles. The van der Waals surface area contributed by atoms with Crippen LogP contribution in [0.15, 0.2) is 60.7 Å². The summed E-state index contributed by atoms with van der Waals surface area (Å²) in [5, 5.41) is 5.77. The Morgan fingerprint density at radius 2 is 1.51 bits per heavy atom. The summed E-state index contributed by atoms with van der Waals surface area (Å²) < 4.78 is 10.9. The number of aryl methyl sites for hydroxylation is 1. The Bertz CT molecular complexity index is 978. The normalized spacial score (nSPS) is 15.5. The first kappa shape index (κ1) is 28.3. The minimum absolute atomic E-state index is 0.137. The van der Waals surface area contributed by atoms with Gasteiger partial charge in [0.15, 0.2) is 0 Å². The summed E-state index contributed by atoms with van der Waals surface area (Å²) in [6.07, 6.45) is 1.47. The molecule has 200 valence electrons. The van der Waals surface area contributed by atoms with E-state index in [1.807, 2.05) is 79.4 Å². The van der Waals surface area contributed by atoms with E-state index in [2.05, 4.69) is 10.6 Å². The second kappa shape index (κ2) is 15.1. The average Bonchev–Trinajstić information content (AvgIpc) is 2.90. The molecular formula is C29H39N3O5. The number of hydrogen-bond donors (Lipinski definition) is 2. The molecule has 2 aromatic rings. The quantitative estimate of drug-likeness (QED) is 0.403. The molecule has 1 fully saturated rings. The third kappa shape index (κ3) is 10.3. The summed E-state index contributed by atoms with van der Waals surface area (Å²) in [6, 6.07) is 17.7. The number of hydrogen-bond acceptors (Lipinski definition) is 6. The van der Waals surface area contributed by atoms with Crippen LogP contribution < -0.4 is 10.6 Å². The predicted molar refractivity (Wildman–Crippen MR) is 142 cm³/mol. The fraction of sp³-hybridized carbons (Fsp3) is 0.483. The molecule has 1 aliphatic heterocycles. The third-order valence-electron chi connectivity index (χ3n) is 6.22. The SMILES string of the molecule is CC(C)C[C@H](NC(=O)[C@H](CCc1ccccc1)NC(=O)CN1CCOCC1)C(=O)OCc1ccccc1. The summed E-state index contributed by atoms with van der Waals surface area (Å²) in [4.78, 5) is 41.2. The monoisotopic (exact) mass is 509 g/mol. The fourth-order valence-corrected chi connectivity index (χ4v) is 4.21. The topological polar surface area (TPSA) is 97.0 Å². The van der Waals surface area contributed by atoms with Gasteiger partial charge in [-0.15, -0.1) is 0 Å². The van der Waals surface area contributed by atoms with Crippen LogP contribution in [-0.2, 0) is 36.9 Å². The number of morpholine rings is 1. The minimum atomic E-state index is -0.799. The van der Waals surface area contributed by atoms with E-state index in [1.165, 1.54) is 0 Å². The maximum absolute atomic E-state index is 13.4. The van der Waals surface area contributed by atoms with E-state index < -0.39 is 18.1 Å². The van der Waals surface area contributed by atoms with Crippen LogP contribution in [0.3, 0.4) is 0 Å². The van der Waals surface area contributed by atoms with Gasteiger partial charge in [0.25, 0.3) is 0 Å². The van der Waals surface area contributed by atoms with Crippen molar-refractivity contribution in [3.63, 3.8) is 0 Å². The van der Waals surface area contributed by atoms with E-state index in [4.69, 9.17) is 9.47 Å². The van der Waals surface area contributed by atoms with Gasteiger partial charge in [-0.2, -0.15) is 0 Å². The highest BCUT2D eigenvalue weighted by atomic mass is 16.5. The van der Waals surface area contributed by atoms with Gasteiger partial charge in [0.2, 0.25) is 11.8 Å². The van der Waals surface area contributed by atoms with Gasteiger partial charge >= 0.3 is 5.97 Å². The highest BCUT2D eigenvalue weighted by Gasteiger charge is 2.29. The number of rotatable bonds is 13. The maximum Gasteiger partial charge on any atom is 0.328 e. The molecule has 2 amide bonds. The smallest absolute Gasteiger partial charge is 0.328 e. The van der Waals surface area contributed by atoms with Crippen molar-refractivity contribution in [2.45, 2.75) is 51.8 Å². The Balaban J connectivity index is 1.64. The molecule has 8 nitrogen and oxygen atoms in total. The number of nitrogens with zero attached hydrogens (tertiary/aromatic N) is 1. The van der Waals surface area contributed by atoms with Crippen LogP contribution in [0.4, 0.5) is 0 Å². The number of esters is 1. The van der Waals surface area contributed by atoms with E-state index >= 15 is 0 Å². The molecule has 37 heavy (non-hydrogen) atoms. The van der Waals surface area contributed by atoms with Crippen LogP contribution >= 0.6 is 0 Å². The van der Waals surface area contributed by atoms with Crippen LogP contribution in [-0.4, -0.2) is 67.6 Å². The summed E-state index contributed by atoms with van der Waals surface area (Å²) in [5.74, 6) is -0.920. The molecule has 3 rings (SSSR count). The van der Waals surface area contributed by atoms with Gasteiger partial charge in [-0.1, -0.05) is 74.5 Å². The van der Waals surface area contributed by atoms with Crippen LogP contribution in [0.2, 0.25) is 0 Å². The lowest BCUT2D eigenvalue weighted by Gasteiger charge is -2.27. The first-order valence-electron chi connectivity index (χ1n) is 13.0. The van der Waals surface area contributed by atoms with Gasteiger partial charge < -0.3 is 20.1 Å². The molecule has 0 unspecified atom stereocenters. The molecule has 0 aromatic heterocycles. The molecule has 8 heteroatoms. The van der Waals surface area contributed by atoms with E-state index in [0.717, 1.165) is 11.1 Å². The van der Waals surface area contributed by atoms with Crippen LogP contribution in [0.25, 0.3) is 0 Å².